The van der Waals surface area contributed by atoms with Crippen LogP contribution in [-0.4, -0.2) is 166 Å². The van der Waals surface area contributed by atoms with Crippen LogP contribution in [0.4, 0.5) is 4.79 Å². The molecule has 0 saturated heterocycles. The highest BCUT2D eigenvalue weighted by Crippen LogP contribution is 2.24. The van der Waals surface area contributed by atoms with Gasteiger partial charge in [0.2, 0.25) is 10.3 Å². The van der Waals surface area contributed by atoms with E-state index < -0.39 is 30.6 Å². The molecule has 0 aliphatic rings. The third-order valence-corrected chi connectivity index (χ3v) is 16.8. The first-order valence-electron chi connectivity index (χ1n) is 32.0. The Morgan fingerprint density at radius 2 is 0.873 bits per heavy atom. The fraction of sp³-hybridized carbons (Fsp3) is 0.319. The number of carboxylic acids is 1. The maximum absolute atomic E-state index is 12.4. The lowest BCUT2D eigenvalue weighted by Gasteiger charge is -2.24. The maximum atomic E-state index is 12.4. The monoisotopic (exact) mass is 1460 g/mol. The Balaban J connectivity index is 0.000000233. The van der Waals surface area contributed by atoms with Crippen LogP contribution in [0.5, 0.6) is 0 Å². The van der Waals surface area contributed by atoms with Crippen molar-refractivity contribution in [1.82, 2.24) is 64.9 Å². The molecule has 0 unspecified atom stereocenters. The quantitative estimate of drug-likeness (QED) is 0.0229. The molecule has 0 saturated carbocycles. The van der Waals surface area contributed by atoms with E-state index in [9.17, 15) is 40.8 Å². The summed E-state index contributed by atoms with van der Waals surface area (Å²) in [6.45, 7) is 11.0. The maximum Gasteiger partial charge on any atom is 0.410 e. The second-order valence-electron chi connectivity index (χ2n) is 23.0. The van der Waals surface area contributed by atoms with Crippen LogP contribution in [-0.2, 0) is 37.9 Å². The van der Waals surface area contributed by atoms with Crippen molar-refractivity contribution < 1.29 is 68.7 Å². The average molecular weight is 1470 g/mol. The molecule has 8 N–H and O–H groups in total. The molecule has 30 nitrogen and oxygen atoms in total. The number of aryl methyl sites for hydroxylation is 2. The van der Waals surface area contributed by atoms with Gasteiger partial charge in [-0.25, -0.2) is 36.4 Å². The predicted molar refractivity (Wildman–Crippen MR) is 381 cm³/mol. The van der Waals surface area contributed by atoms with Gasteiger partial charge >= 0.3 is 12.1 Å². The molecule has 0 radical (unpaired) electrons. The van der Waals surface area contributed by atoms with E-state index in [0.29, 0.717) is 68.6 Å². The number of nitrogens with zero attached hydrogens (tertiary/aromatic N) is 10. The molecule has 10 aromatic rings. The van der Waals surface area contributed by atoms with Crippen molar-refractivity contribution in [3.05, 3.63) is 193 Å². The number of hydrogen-bond donors (Lipinski definition) is 6. The number of ether oxygens (including phenoxy) is 1. The van der Waals surface area contributed by atoms with Crippen molar-refractivity contribution in [2.24, 2.45) is 25.6 Å². The van der Waals surface area contributed by atoms with Gasteiger partial charge in [-0.1, -0.05) is 162 Å². The van der Waals surface area contributed by atoms with E-state index in [0.717, 1.165) is 35.2 Å². The molecule has 33 heteroatoms. The Morgan fingerprint density at radius 3 is 1.17 bits per heavy atom. The molecule has 10 rings (SSSR count). The number of hydrogen-bond acceptors (Lipinski definition) is 22. The van der Waals surface area contributed by atoms with Crippen LogP contribution < -0.4 is 27.4 Å². The number of sulfonamides is 1. The molecule has 0 spiro atoms. The van der Waals surface area contributed by atoms with Gasteiger partial charge in [-0.05, 0) is 59.5 Å². The largest absolute Gasteiger partial charge is 0.476 e. The zero-order chi connectivity index (χ0) is 74.7. The van der Waals surface area contributed by atoms with Crippen molar-refractivity contribution >= 4 is 59.5 Å². The topological polar surface area (TPSA) is 417 Å². The SMILES string of the molecule is CCCCCN.CN(CCCNC(=O)c1cc(-c2ccccc2)on1)C(=O)OC(C)(C)C.CN(CCCNC(=O)c1cc(-c2ccccc2)on1)S(=O)(=O)c1nccn1C.Cn1ccnc1S(=O)(=O)Cl.NCCCNC(=O)c1cc(-c2ccccc2)on1.O=C(O)c1cc(-c2ccccc2)on1. The van der Waals surface area contributed by atoms with Crippen LogP contribution >= 0.6 is 10.7 Å². The summed E-state index contributed by atoms with van der Waals surface area (Å²) in [5.74, 6) is 0.0799. The minimum absolute atomic E-state index is 0.0184. The van der Waals surface area contributed by atoms with Gasteiger partial charge in [0, 0.05) is 143 Å². The Hall–Kier alpha value is -10.6. The molecule has 0 bridgehead atoms. The third kappa shape index (κ3) is 27.8. The molecule has 546 valence electrons. The molecule has 0 aliphatic heterocycles. The number of unbranched alkanes of at least 4 members (excludes halogenated alkanes) is 2. The van der Waals surface area contributed by atoms with Gasteiger partial charge in [-0.15, -0.1) is 0 Å². The Labute approximate surface area is 596 Å². The number of nitrogens with two attached hydrogens (primary N) is 2. The number of amides is 4. The van der Waals surface area contributed by atoms with Crippen LogP contribution in [0, 0.1) is 0 Å². The lowest BCUT2D eigenvalue weighted by molar-refractivity contribution is 0.0297. The molecule has 6 aromatic heterocycles. The summed E-state index contributed by atoms with van der Waals surface area (Å²) in [7, 11) is 3.99. The van der Waals surface area contributed by atoms with Gasteiger partial charge in [0.1, 0.15) is 5.60 Å². The first kappa shape index (κ1) is 82.0. The number of nitrogens with one attached hydrogen (secondary N) is 3. The molecule has 102 heavy (non-hydrogen) atoms. The lowest BCUT2D eigenvalue weighted by atomic mass is 10.1. The van der Waals surface area contributed by atoms with Crippen LogP contribution in [0.1, 0.15) is 108 Å². The molecular weight excluding hydrogens is 1380 g/mol. The van der Waals surface area contributed by atoms with Gasteiger partial charge < -0.3 is 69.4 Å². The van der Waals surface area contributed by atoms with Crippen LogP contribution in [0.25, 0.3) is 45.3 Å². The number of carbonyl (C=O) groups is 5. The summed E-state index contributed by atoms with van der Waals surface area (Å²) >= 11 is 0. The van der Waals surface area contributed by atoms with E-state index in [4.69, 9.17) is 50.1 Å². The van der Waals surface area contributed by atoms with Crippen molar-refractivity contribution in [3.8, 4) is 45.3 Å². The van der Waals surface area contributed by atoms with E-state index in [1.807, 2.05) is 142 Å². The van der Waals surface area contributed by atoms with E-state index >= 15 is 0 Å². The highest BCUT2D eigenvalue weighted by Gasteiger charge is 2.25. The zero-order valence-corrected chi connectivity index (χ0v) is 60.2. The van der Waals surface area contributed by atoms with E-state index in [-0.39, 0.29) is 63.4 Å². The smallest absolute Gasteiger partial charge is 0.410 e. The van der Waals surface area contributed by atoms with Gasteiger partial charge in [-0.3, -0.25) is 14.4 Å². The number of rotatable bonds is 25. The van der Waals surface area contributed by atoms with Gasteiger partial charge in [-0.2, -0.15) is 4.31 Å². The van der Waals surface area contributed by atoms with Gasteiger partial charge in [0.05, 0.1) is 0 Å². The summed E-state index contributed by atoms with van der Waals surface area (Å²) in [4.78, 5) is 67.2. The summed E-state index contributed by atoms with van der Waals surface area (Å²) in [5, 5.41) is 31.4. The predicted octanol–water partition coefficient (Wildman–Crippen LogP) is 9.79. The van der Waals surface area contributed by atoms with E-state index in [1.165, 1.54) is 69.3 Å². The lowest BCUT2D eigenvalue weighted by Crippen LogP contribution is -2.36. The summed E-state index contributed by atoms with van der Waals surface area (Å²) in [5.41, 5.74) is 14.0. The standard InChI is InChI=1S/C19H25N3O4.C18H21N5O4S.C13H15N3O2.C10H7NO3.C5H13N.C4H5ClN2O2S/c1-19(2,3)25-18(24)22(4)12-8-11-20-17(23)15-13-16(26-21-15)14-9-6-5-7-10-14;1-22-12-10-20-18(22)28(25,26)23(2)11-6-9-19-17(24)15-13-16(27-21-15)14-7-4-3-5-8-14;14-7-4-8-15-13(17)11-9-12(18-16-11)10-5-2-1-3-6-10;12-10(13)8-6-9(14-11-8)7-4-2-1-3-5-7;1-2-3-4-5-6;1-7-3-2-6-4(7)10(5,8)9/h5-7,9-10,13H,8,11-12H2,1-4H3,(H,20,23);3-5,7-8,10,12-13H,6,9,11H2,1-2H3,(H,19,24);1-3,5-6,9H,4,7-8,14H2,(H,15,17);1-6H,(H,12,13);2-6H2,1H3;2-3H,1H3. The normalized spacial score (nSPS) is 10.9. The number of halogens is 1. The number of carboxylic acid groups (broad SMARTS) is 1. The second kappa shape index (κ2) is 41.8. The average Bonchev–Trinajstić information content (AvgIpc) is 1.62. The molecule has 4 aromatic carbocycles. The van der Waals surface area contributed by atoms with Crippen molar-refractivity contribution in [2.75, 3.05) is 59.9 Å². The number of carbonyl (C=O) groups excluding carboxylic acids is 4. The molecule has 0 atom stereocenters. The van der Waals surface area contributed by atoms with Crippen LogP contribution in [0.2, 0.25) is 0 Å². The molecular formula is C69H86ClN15O15S2. The highest BCUT2D eigenvalue weighted by atomic mass is 35.7. The summed E-state index contributed by atoms with van der Waals surface area (Å²) < 4.78 is 75.8. The number of aromatic nitrogens is 8. The number of aromatic carboxylic acids is 1. The summed E-state index contributed by atoms with van der Waals surface area (Å²) in [6, 6.07) is 43.7. The second-order valence-corrected chi connectivity index (χ2v) is 27.4. The Morgan fingerprint density at radius 1 is 0.529 bits per heavy atom. The van der Waals surface area contributed by atoms with Crippen LogP contribution in [0.3, 0.4) is 0 Å². The summed E-state index contributed by atoms with van der Waals surface area (Å²) in [6.07, 6.45) is 11.0. The zero-order valence-electron chi connectivity index (χ0n) is 57.8. The van der Waals surface area contributed by atoms with E-state index in [2.05, 4.69) is 53.5 Å². The molecule has 0 aliphatic carbocycles. The Kier molecular flexibility index (Phi) is 33.6. The van der Waals surface area contributed by atoms with Gasteiger partial charge in [0.15, 0.2) is 45.8 Å². The molecule has 0 fully saturated rings. The first-order valence-corrected chi connectivity index (χ1v) is 35.8. The fourth-order valence-corrected chi connectivity index (χ4v) is 10.7. The number of imidazole rings is 2. The van der Waals surface area contributed by atoms with Crippen molar-refractivity contribution in [3.63, 3.8) is 0 Å². The van der Waals surface area contributed by atoms with Crippen molar-refractivity contribution in [1.29, 1.82) is 0 Å². The van der Waals surface area contributed by atoms with Crippen molar-refractivity contribution in [2.45, 2.75) is 82.1 Å². The first-order chi connectivity index (χ1) is 48.7. The third-order valence-electron chi connectivity index (χ3n) is 13.7. The number of benzene rings is 4. The Bertz CT molecular complexity index is 4380. The minimum Gasteiger partial charge on any atom is -0.476 e. The molecule has 6 heterocycles. The van der Waals surface area contributed by atoms with Crippen LogP contribution in [0.15, 0.2) is 199 Å². The van der Waals surface area contributed by atoms with Gasteiger partial charge in [0.25, 0.3) is 36.8 Å². The molecule has 4 amide bonds. The minimum atomic E-state index is -3.67. The highest BCUT2D eigenvalue weighted by molar-refractivity contribution is 8.13. The van der Waals surface area contributed by atoms with E-state index in [1.54, 1.807) is 45.5 Å². The fourth-order valence-electron chi connectivity index (χ4n) is 8.35.